The molecule has 3 aromatic carbocycles. The lowest BCUT2D eigenvalue weighted by molar-refractivity contribution is -0.140. The molecule has 1 N–H and O–H groups in total. The van der Waals surface area contributed by atoms with E-state index in [0.717, 1.165) is 5.56 Å². The standard InChI is InChI=1S/C28H26FNO4/c1-17(2)22-15-20(11-14-23(22)34-3)26(31)24-25(19-7-5-4-6-8-19)30(28(33)27(24)32)16-18-9-12-21(29)13-10-18/h4-15,17,25,31H,16H2,1-3H3/b26-24-. The van der Waals surface area contributed by atoms with Gasteiger partial charge in [0.05, 0.1) is 18.7 Å². The molecule has 1 fully saturated rings. The van der Waals surface area contributed by atoms with E-state index in [0.29, 0.717) is 22.4 Å². The predicted octanol–water partition coefficient (Wildman–Crippen LogP) is 5.58. The van der Waals surface area contributed by atoms with Gasteiger partial charge in [-0.2, -0.15) is 0 Å². The number of aliphatic hydroxyl groups is 1. The summed E-state index contributed by atoms with van der Waals surface area (Å²) in [6, 6.07) is 19.3. The molecule has 0 saturated carbocycles. The van der Waals surface area contributed by atoms with Crippen LogP contribution in [0, 0.1) is 5.82 Å². The number of methoxy groups -OCH3 is 1. The summed E-state index contributed by atoms with van der Waals surface area (Å²) in [6.07, 6.45) is 0. The zero-order valence-corrected chi connectivity index (χ0v) is 19.3. The van der Waals surface area contributed by atoms with Crippen LogP contribution in [-0.2, 0) is 16.1 Å². The summed E-state index contributed by atoms with van der Waals surface area (Å²) in [7, 11) is 1.58. The molecule has 174 valence electrons. The highest BCUT2D eigenvalue weighted by molar-refractivity contribution is 6.46. The van der Waals surface area contributed by atoms with Crippen LogP contribution in [0.3, 0.4) is 0 Å². The number of carbonyl (C=O) groups is 2. The van der Waals surface area contributed by atoms with Crippen LogP contribution in [-0.4, -0.2) is 28.8 Å². The summed E-state index contributed by atoms with van der Waals surface area (Å²) in [5.74, 6) is -1.28. The van der Waals surface area contributed by atoms with Crippen LogP contribution in [0.1, 0.15) is 48.1 Å². The third kappa shape index (κ3) is 4.31. The van der Waals surface area contributed by atoms with Gasteiger partial charge in [-0.15, -0.1) is 0 Å². The first-order chi connectivity index (χ1) is 16.3. The Morgan fingerprint density at radius 3 is 2.32 bits per heavy atom. The SMILES string of the molecule is COc1ccc(/C(O)=C2/C(=O)C(=O)N(Cc3ccc(F)cc3)C2c2ccccc2)cc1C(C)C. The monoisotopic (exact) mass is 459 g/mol. The number of likely N-dealkylation sites (tertiary alicyclic amines) is 1. The molecule has 1 amide bonds. The van der Waals surface area contributed by atoms with E-state index in [1.54, 1.807) is 37.4 Å². The molecule has 1 aliphatic rings. The van der Waals surface area contributed by atoms with E-state index >= 15 is 0 Å². The van der Waals surface area contributed by atoms with E-state index in [2.05, 4.69) is 0 Å². The number of ether oxygens (including phenoxy) is 1. The van der Waals surface area contributed by atoms with Crippen molar-refractivity contribution in [2.24, 2.45) is 0 Å². The number of carbonyl (C=O) groups excluding carboxylic acids is 2. The van der Waals surface area contributed by atoms with Crippen LogP contribution >= 0.6 is 0 Å². The van der Waals surface area contributed by atoms with Gasteiger partial charge >= 0.3 is 0 Å². The summed E-state index contributed by atoms with van der Waals surface area (Å²) in [6.45, 7) is 4.11. The highest BCUT2D eigenvalue weighted by atomic mass is 19.1. The minimum absolute atomic E-state index is 0.0261. The van der Waals surface area contributed by atoms with Crippen LogP contribution in [0.2, 0.25) is 0 Å². The lowest BCUT2D eigenvalue weighted by Gasteiger charge is -2.25. The molecule has 1 saturated heterocycles. The number of hydrogen-bond donors (Lipinski definition) is 1. The van der Waals surface area contributed by atoms with E-state index < -0.39 is 17.7 Å². The zero-order valence-electron chi connectivity index (χ0n) is 19.3. The Morgan fingerprint density at radius 1 is 1.03 bits per heavy atom. The van der Waals surface area contributed by atoms with E-state index in [-0.39, 0.29) is 29.6 Å². The molecular formula is C28H26FNO4. The maximum absolute atomic E-state index is 13.4. The van der Waals surface area contributed by atoms with Gasteiger partial charge in [-0.3, -0.25) is 9.59 Å². The minimum Gasteiger partial charge on any atom is -0.507 e. The van der Waals surface area contributed by atoms with Crippen LogP contribution in [0.4, 0.5) is 4.39 Å². The van der Waals surface area contributed by atoms with Gasteiger partial charge in [-0.1, -0.05) is 56.3 Å². The zero-order chi connectivity index (χ0) is 24.4. The van der Waals surface area contributed by atoms with Crippen molar-refractivity contribution in [1.29, 1.82) is 0 Å². The third-order valence-corrected chi connectivity index (χ3v) is 6.05. The van der Waals surface area contributed by atoms with Crippen molar-refractivity contribution in [3.63, 3.8) is 0 Å². The Hall–Kier alpha value is -3.93. The van der Waals surface area contributed by atoms with Crippen molar-refractivity contribution < 1.29 is 23.8 Å². The van der Waals surface area contributed by atoms with Gasteiger partial charge in [-0.05, 0) is 52.9 Å². The number of benzene rings is 3. The van der Waals surface area contributed by atoms with Gasteiger partial charge in [0.15, 0.2) is 0 Å². The van der Waals surface area contributed by atoms with E-state index in [1.807, 2.05) is 44.2 Å². The third-order valence-electron chi connectivity index (χ3n) is 6.05. The molecule has 4 rings (SSSR count). The number of halogens is 1. The number of ketones is 1. The van der Waals surface area contributed by atoms with Gasteiger partial charge in [0, 0.05) is 12.1 Å². The van der Waals surface area contributed by atoms with Crippen LogP contribution < -0.4 is 4.74 Å². The summed E-state index contributed by atoms with van der Waals surface area (Å²) >= 11 is 0. The Bertz CT molecular complexity index is 1250. The molecule has 0 spiro atoms. The Kier molecular flexibility index (Phi) is 6.50. The molecule has 3 aromatic rings. The molecule has 1 atom stereocenters. The minimum atomic E-state index is -0.782. The summed E-state index contributed by atoms with van der Waals surface area (Å²) in [5.41, 5.74) is 2.71. The first-order valence-electron chi connectivity index (χ1n) is 11.1. The second-order valence-corrected chi connectivity index (χ2v) is 8.58. The average Bonchev–Trinajstić information content (AvgIpc) is 3.10. The molecule has 34 heavy (non-hydrogen) atoms. The molecule has 1 heterocycles. The van der Waals surface area contributed by atoms with Crippen molar-refractivity contribution >= 4 is 17.4 Å². The smallest absolute Gasteiger partial charge is 0.295 e. The quantitative estimate of drug-likeness (QED) is 0.297. The van der Waals surface area contributed by atoms with Gasteiger partial charge in [0.25, 0.3) is 11.7 Å². The van der Waals surface area contributed by atoms with Gasteiger partial charge < -0.3 is 14.7 Å². The molecule has 1 unspecified atom stereocenters. The van der Waals surface area contributed by atoms with Gasteiger partial charge in [0.1, 0.15) is 17.3 Å². The summed E-state index contributed by atoms with van der Waals surface area (Å²) in [4.78, 5) is 27.7. The molecule has 0 radical (unpaired) electrons. The van der Waals surface area contributed by atoms with Crippen molar-refractivity contribution in [3.8, 4) is 5.75 Å². The lowest BCUT2D eigenvalue weighted by Crippen LogP contribution is -2.29. The molecule has 0 aromatic heterocycles. The topological polar surface area (TPSA) is 66.8 Å². The fraction of sp³-hybridized carbons (Fsp3) is 0.214. The second-order valence-electron chi connectivity index (χ2n) is 8.58. The molecule has 6 heteroatoms. The number of hydrogen-bond acceptors (Lipinski definition) is 4. The fourth-order valence-electron chi connectivity index (χ4n) is 4.30. The molecule has 1 aliphatic heterocycles. The second kappa shape index (κ2) is 9.51. The summed E-state index contributed by atoms with van der Waals surface area (Å²) in [5, 5.41) is 11.3. The maximum Gasteiger partial charge on any atom is 0.295 e. The largest absolute Gasteiger partial charge is 0.507 e. The molecule has 5 nitrogen and oxygen atoms in total. The fourth-order valence-corrected chi connectivity index (χ4v) is 4.30. The first-order valence-corrected chi connectivity index (χ1v) is 11.1. The predicted molar refractivity (Wildman–Crippen MR) is 128 cm³/mol. The summed E-state index contributed by atoms with van der Waals surface area (Å²) < 4.78 is 18.8. The lowest BCUT2D eigenvalue weighted by atomic mass is 9.93. The van der Waals surface area contributed by atoms with E-state index in [9.17, 15) is 19.1 Å². The number of nitrogens with zero attached hydrogens (tertiary/aromatic N) is 1. The molecule has 0 aliphatic carbocycles. The van der Waals surface area contributed by atoms with Gasteiger partial charge in [0.2, 0.25) is 0 Å². The Labute approximate surface area is 198 Å². The molecule has 0 bridgehead atoms. The number of aliphatic hydroxyl groups excluding tert-OH is 1. The van der Waals surface area contributed by atoms with Crippen molar-refractivity contribution in [2.75, 3.05) is 7.11 Å². The van der Waals surface area contributed by atoms with Gasteiger partial charge in [-0.25, -0.2) is 4.39 Å². The average molecular weight is 460 g/mol. The highest BCUT2D eigenvalue weighted by Gasteiger charge is 2.46. The number of rotatable bonds is 6. The van der Waals surface area contributed by atoms with Crippen molar-refractivity contribution in [2.45, 2.75) is 32.4 Å². The number of amides is 1. The normalized spacial score (nSPS) is 17.4. The Balaban J connectivity index is 1.85. The first kappa shape index (κ1) is 23.2. The van der Waals surface area contributed by atoms with Crippen LogP contribution in [0.25, 0.3) is 5.76 Å². The van der Waals surface area contributed by atoms with E-state index in [4.69, 9.17) is 4.74 Å². The maximum atomic E-state index is 13.4. The van der Waals surface area contributed by atoms with E-state index in [1.165, 1.54) is 17.0 Å². The number of Topliss-reactive ketones (excluding diaryl/α,β-unsaturated/α-hetero) is 1. The molecular weight excluding hydrogens is 433 g/mol. The van der Waals surface area contributed by atoms with Crippen molar-refractivity contribution in [1.82, 2.24) is 4.90 Å². The Morgan fingerprint density at radius 2 is 1.71 bits per heavy atom. The highest BCUT2D eigenvalue weighted by Crippen LogP contribution is 2.41. The van der Waals surface area contributed by atoms with Crippen LogP contribution in [0.15, 0.2) is 78.4 Å². The van der Waals surface area contributed by atoms with Crippen molar-refractivity contribution in [3.05, 3.63) is 106 Å². The van der Waals surface area contributed by atoms with Crippen LogP contribution in [0.5, 0.6) is 5.75 Å².